The van der Waals surface area contributed by atoms with E-state index in [9.17, 15) is 5.11 Å². The third-order valence-corrected chi connectivity index (χ3v) is 4.40. The number of aliphatic hydroxyl groups excluding tert-OH is 1. The molecule has 1 aromatic carbocycles. The van der Waals surface area contributed by atoms with Gasteiger partial charge in [-0.3, -0.25) is 0 Å². The van der Waals surface area contributed by atoms with Crippen LogP contribution in [0.2, 0.25) is 0 Å². The van der Waals surface area contributed by atoms with Gasteiger partial charge in [0.15, 0.2) is 0 Å². The molecule has 3 heteroatoms. The van der Waals surface area contributed by atoms with Gasteiger partial charge in [0.1, 0.15) is 0 Å². The molecule has 102 valence electrons. The molecule has 0 amide bonds. The minimum atomic E-state index is -0.398. The first-order valence-corrected chi connectivity index (χ1v) is 7.52. The average molecular weight is 275 g/mol. The van der Waals surface area contributed by atoms with E-state index in [0.717, 1.165) is 29.1 Å². The summed E-state index contributed by atoms with van der Waals surface area (Å²) in [5.41, 5.74) is 5.76. The molecule has 0 aliphatic heterocycles. The van der Waals surface area contributed by atoms with Crippen LogP contribution in [0.3, 0.4) is 0 Å². The molecule has 2 nitrogen and oxygen atoms in total. The lowest BCUT2D eigenvalue weighted by Gasteiger charge is -2.17. The van der Waals surface area contributed by atoms with Gasteiger partial charge in [0, 0.05) is 17.5 Å². The molecule has 1 atom stereocenters. The summed E-state index contributed by atoms with van der Waals surface area (Å²) in [5.74, 6) is 0. The highest BCUT2D eigenvalue weighted by Gasteiger charge is 2.14. The van der Waals surface area contributed by atoms with Crippen LogP contribution in [-0.4, -0.2) is 10.1 Å². The fraction of sp³-hybridized carbons (Fsp3) is 0.438. The molecule has 0 aliphatic carbocycles. The highest BCUT2D eigenvalue weighted by atomic mass is 32.1. The molecule has 2 aromatic rings. The largest absolute Gasteiger partial charge is 0.388 e. The van der Waals surface area contributed by atoms with Crippen molar-refractivity contribution in [1.82, 2.24) is 4.98 Å². The van der Waals surface area contributed by atoms with Crippen LogP contribution in [0.25, 0.3) is 0 Å². The Kier molecular flexibility index (Phi) is 4.38. The minimum absolute atomic E-state index is 0.398. The van der Waals surface area contributed by atoms with Crippen LogP contribution in [0.15, 0.2) is 17.5 Å². The van der Waals surface area contributed by atoms with E-state index in [0.29, 0.717) is 0 Å². The number of aliphatic hydroxyl groups is 1. The summed E-state index contributed by atoms with van der Waals surface area (Å²) in [7, 11) is 0. The first-order chi connectivity index (χ1) is 8.97. The average Bonchev–Trinajstić information content (AvgIpc) is 2.71. The first-order valence-electron chi connectivity index (χ1n) is 6.64. The Morgan fingerprint density at radius 3 is 2.32 bits per heavy atom. The van der Waals surface area contributed by atoms with Crippen molar-refractivity contribution in [3.8, 4) is 0 Å². The molecule has 0 aliphatic rings. The zero-order valence-electron chi connectivity index (χ0n) is 12.0. The normalized spacial score (nSPS) is 12.7. The van der Waals surface area contributed by atoms with Crippen molar-refractivity contribution in [3.63, 3.8) is 0 Å². The lowest BCUT2D eigenvalue weighted by Crippen LogP contribution is -2.05. The number of thiazole rings is 1. The van der Waals surface area contributed by atoms with Crippen molar-refractivity contribution in [2.75, 3.05) is 0 Å². The predicted molar refractivity (Wildman–Crippen MR) is 80.8 cm³/mol. The lowest BCUT2D eigenvalue weighted by atomic mass is 9.93. The van der Waals surface area contributed by atoms with Crippen LogP contribution >= 0.6 is 11.3 Å². The van der Waals surface area contributed by atoms with E-state index in [4.69, 9.17) is 0 Å². The van der Waals surface area contributed by atoms with Crippen LogP contribution < -0.4 is 0 Å². The van der Waals surface area contributed by atoms with Crippen LogP contribution in [0, 0.1) is 27.7 Å². The SMILES string of the molecule is Cc1cc(C)c(C(O)CCc2nc(C)cs2)c(C)c1. The van der Waals surface area contributed by atoms with Gasteiger partial charge in [-0.25, -0.2) is 4.98 Å². The van der Waals surface area contributed by atoms with Gasteiger partial charge in [0.05, 0.1) is 11.1 Å². The Morgan fingerprint density at radius 1 is 1.16 bits per heavy atom. The Balaban J connectivity index is 2.10. The molecular formula is C16H21NOS. The predicted octanol–water partition coefficient (Wildman–Crippen LogP) is 4.04. The maximum atomic E-state index is 10.4. The zero-order chi connectivity index (χ0) is 14.0. The van der Waals surface area contributed by atoms with Crippen molar-refractivity contribution >= 4 is 11.3 Å². The summed E-state index contributed by atoms with van der Waals surface area (Å²) < 4.78 is 0. The number of benzene rings is 1. The monoisotopic (exact) mass is 275 g/mol. The minimum Gasteiger partial charge on any atom is -0.388 e. The van der Waals surface area contributed by atoms with Gasteiger partial charge in [0.2, 0.25) is 0 Å². The number of aromatic nitrogens is 1. The van der Waals surface area contributed by atoms with Gasteiger partial charge in [-0.15, -0.1) is 11.3 Å². The van der Waals surface area contributed by atoms with Crippen LogP contribution in [-0.2, 0) is 6.42 Å². The Morgan fingerprint density at radius 2 is 1.79 bits per heavy atom. The van der Waals surface area contributed by atoms with E-state index in [1.807, 2.05) is 6.92 Å². The molecule has 0 saturated carbocycles. The van der Waals surface area contributed by atoms with E-state index < -0.39 is 6.10 Å². The summed E-state index contributed by atoms with van der Waals surface area (Å²) in [6, 6.07) is 4.28. The van der Waals surface area contributed by atoms with E-state index >= 15 is 0 Å². The van der Waals surface area contributed by atoms with Crippen LogP contribution in [0.4, 0.5) is 0 Å². The Bertz CT molecular complexity index is 551. The van der Waals surface area contributed by atoms with Gasteiger partial charge >= 0.3 is 0 Å². The highest BCUT2D eigenvalue weighted by Crippen LogP contribution is 2.27. The van der Waals surface area contributed by atoms with Crippen LogP contribution in [0.5, 0.6) is 0 Å². The maximum Gasteiger partial charge on any atom is 0.0929 e. The molecule has 0 bridgehead atoms. The quantitative estimate of drug-likeness (QED) is 0.913. The number of aryl methyl sites for hydroxylation is 5. The third-order valence-electron chi connectivity index (χ3n) is 3.37. The number of rotatable bonds is 4. The standard InChI is InChI=1S/C16H21NOS/c1-10-7-11(2)16(12(3)8-10)14(18)5-6-15-17-13(4)9-19-15/h7-9,14,18H,5-6H2,1-4H3. The summed E-state index contributed by atoms with van der Waals surface area (Å²) >= 11 is 1.68. The Hall–Kier alpha value is -1.19. The van der Waals surface area contributed by atoms with Crippen molar-refractivity contribution in [1.29, 1.82) is 0 Å². The third kappa shape index (κ3) is 3.43. The molecule has 2 rings (SSSR count). The van der Waals surface area contributed by atoms with Crippen molar-refractivity contribution in [3.05, 3.63) is 50.5 Å². The topological polar surface area (TPSA) is 33.1 Å². The van der Waals surface area contributed by atoms with Crippen molar-refractivity contribution in [2.45, 2.75) is 46.6 Å². The smallest absolute Gasteiger partial charge is 0.0929 e. The molecular weight excluding hydrogens is 254 g/mol. The van der Waals surface area contributed by atoms with E-state index in [1.165, 1.54) is 16.7 Å². The van der Waals surface area contributed by atoms with Crippen molar-refractivity contribution < 1.29 is 5.11 Å². The van der Waals surface area contributed by atoms with E-state index in [-0.39, 0.29) is 0 Å². The summed E-state index contributed by atoms with van der Waals surface area (Å²) in [4.78, 5) is 4.44. The van der Waals surface area contributed by atoms with Gasteiger partial charge in [0.25, 0.3) is 0 Å². The Labute approximate surface area is 119 Å². The first kappa shape index (κ1) is 14.2. The van der Waals surface area contributed by atoms with Gasteiger partial charge in [-0.05, 0) is 50.8 Å². The second-order valence-corrected chi connectivity index (χ2v) is 6.19. The number of nitrogens with zero attached hydrogens (tertiary/aromatic N) is 1. The van der Waals surface area contributed by atoms with Crippen LogP contribution in [0.1, 0.15) is 45.5 Å². The molecule has 0 spiro atoms. The lowest BCUT2D eigenvalue weighted by molar-refractivity contribution is 0.166. The molecule has 0 fully saturated rings. The molecule has 1 aromatic heterocycles. The zero-order valence-corrected chi connectivity index (χ0v) is 12.8. The highest BCUT2D eigenvalue weighted by molar-refractivity contribution is 7.09. The van der Waals surface area contributed by atoms with E-state index in [1.54, 1.807) is 11.3 Å². The van der Waals surface area contributed by atoms with Gasteiger partial charge in [-0.1, -0.05) is 17.7 Å². The van der Waals surface area contributed by atoms with Gasteiger partial charge in [-0.2, -0.15) is 0 Å². The summed E-state index contributed by atoms with van der Waals surface area (Å²) in [6.07, 6.45) is 1.18. The second kappa shape index (κ2) is 5.85. The molecule has 1 heterocycles. The summed E-state index contributed by atoms with van der Waals surface area (Å²) in [5, 5.41) is 13.6. The van der Waals surface area contributed by atoms with Crippen molar-refractivity contribution in [2.24, 2.45) is 0 Å². The molecule has 19 heavy (non-hydrogen) atoms. The molecule has 0 radical (unpaired) electrons. The fourth-order valence-electron chi connectivity index (χ4n) is 2.64. The maximum absolute atomic E-state index is 10.4. The van der Waals surface area contributed by atoms with E-state index in [2.05, 4.69) is 43.3 Å². The fourth-order valence-corrected chi connectivity index (χ4v) is 3.43. The molecule has 0 saturated heterocycles. The van der Waals surface area contributed by atoms with Gasteiger partial charge < -0.3 is 5.11 Å². The molecule has 1 N–H and O–H groups in total. The second-order valence-electron chi connectivity index (χ2n) is 5.25. The number of hydrogen-bond donors (Lipinski definition) is 1. The summed E-state index contributed by atoms with van der Waals surface area (Å²) in [6.45, 7) is 8.25. The number of hydrogen-bond acceptors (Lipinski definition) is 3. The molecule has 1 unspecified atom stereocenters.